The third-order valence-electron chi connectivity index (χ3n) is 4.87. The molecule has 1 aliphatic rings. The number of aromatic hydroxyl groups is 1. The molecule has 0 saturated heterocycles. The Bertz CT molecular complexity index is 976. The third kappa shape index (κ3) is 2.29. The second kappa shape index (κ2) is 5.60. The van der Waals surface area contributed by atoms with Crippen molar-refractivity contribution in [3.63, 3.8) is 0 Å². The van der Waals surface area contributed by atoms with Crippen LogP contribution in [0, 0.1) is 0 Å². The lowest BCUT2D eigenvalue weighted by atomic mass is 10.0. The molecule has 0 fully saturated rings. The number of phenols is 1. The van der Waals surface area contributed by atoms with E-state index in [4.69, 9.17) is 4.98 Å². The number of carbonyl (C=O) groups is 1. The molecule has 1 atom stereocenters. The molecule has 0 radical (unpaired) electrons. The highest BCUT2D eigenvalue weighted by Crippen LogP contribution is 2.40. The van der Waals surface area contributed by atoms with E-state index in [9.17, 15) is 15.0 Å². The van der Waals surface area contributed by atoms with E-state index >= 15 is 0 Å². The maximum absolute atomic E-state index is 12.4. The summed E-state index contributed by atoms with van der Waals surface area (Å²) in [6.07, 6.45) is 0. The van der Waals surface area contributed by atoms with Gasteiger partial charge in [0.05, 0.1) is 23.6 Å². The van der Waals surface area contributed by atoms with Crippen molar-refractivity contribution in [1.29, 1.82) is 0 Å². The van der Waals surface area contributed by atoms with Crippen LogP contribution in [0.25, 0.3) is 22.4 Å². The molecule has 3 aromatic rings. The van der Waals surface area contributed by atoms with Crippen molar-refractivity contribution < 1.29 is 15.0 Å². The van der Waals surface area contributed by atoms with E-state index in [1.807, 2.05) is 42.8 Å². The zero-order valence-electron chi connectivity index (χ0n) is 14.1. The van der Waals surface area contributed by atoms with Crippen molar-refractivity contribution in [3.8, 4) is 17.1 Å². The van der Waals surface area contributed by atoms with Gasteiger partial charge in [0.15, 0.2) is 0 Å². The van der Waals surface area contributed by atoms with Crippen LogP contribution in [0.1, 0.15) is 18.4 Å². The Hall–Kier alpha value is -2.86. The fourth-order valence-electron chi connectivity index (χ4n) is 3.51. The molecular formula is C19H19N3O3. The lowest BCUT2D eigenvalue weighted by molar-refractivity contribution is -0.119. The zero-order chi connectivity index (χ0) is 17.7. The summed E-state index contributed by atoms with van der Waals surface area (Å²) < 4.78 is 1.98. The van der Waals surface area contributed by atoms with Gasteiger partial charge in [0.1, 0.15) is 11.6 Å². The molecule has 128 valence electrons. The molecule has 2 N–H and O–H groups in total. The van der Waals surface area contributed by atoms with Gasteiger partial charge in [-0.2, -0.15) is 0 Å². The van der Waals surface area contributed by atoms with Crippen LogP contribution < -0.4 is 4.90 Å². The monoisotopic (exact) mass is 337 g/mol. The average Bonchev–Trinajstić information content (AvgIpc) is 3.05. The van der Waals surface area contributed by atoms with E-state index in [0.29, 0.717) is 6.54 Å². The number of aryl methyl sites for hydroxylation is 1. The first-order valence-corrected chi connectivity index (χ1v) is 8.23. The second-order valence-corrected chi connectivity index (χ2v) is 6.38. The minimum atomic E-state index is -0.231. The van der Waals surface area contributed by atoms with Crippen LogP contribution in [0.5, 0.6) is 5.75 Å². The van der Waals surface area contributed by atoms with Crippen molar-refractivity contribution in [2.24, 2.45) is 7.05 Å². The molecule has 0 saturated carbocycles. The van der Waals surface area contributed by atoms with Crippen LogP contribution in [0.3, 0.4) is 0 Å². The minimum Gasteiger partial charge on any atom is -0.508 e. The van der Waals surface area contributed by atoms with Gasteiger partial charge in [0.2, 0.25) is 5.91 Å². The summed E-state index contributed by atoms with van der Waals surface area (Å²) in [7, 11) is 1.93. The number of carbonyl (C=O) groups excluding carboxylic acids is 1. The van der Waals surface area contributed by atoms with E-state index < -0.39 is 0 Å². The van der Waals surface area contributed by atoms with Crippen LogP contribution in [0.15, 0.2) is 36.4 Å². The molecule has 4 rings (SSSR count). The van der Waals surface area contributed by atoms with Gasteiger partial charge in [-0.25, -0.2) is 4.98 Å². The summed E-state index contributed by atoms with van der Waals surface area (Å²) in [4.78, 5) is 18.8. The molecule has 1 aromatic heterocycles. The number of hydrogen-bond donors (Lipinski definition) is 2. The molecule has 1 unspecified atom stereocenters. The van der Waals surface area contributed by atoms with E-state index in [1.54, 1.807) is 17.0 Å². The highest BCUT2D eigenvalue weighted by Gasteiger charge is 2.34. The Kier molecular flexibility index (Phi) is 3.51. The SMILES string of the molecule is CC1C(=O)N(CCO)c2cc3c(cc21)nc(-c1ccc(O)cc1)n3C. The van der Waals surface area contributed by atoms with Gasteiger partial charge >= 0.3 is 0 Å². The Balaban J connectivity index is 1.89. The number of hydrogen-bond acceptors (Lipinski definition) is 4. The fourth-order valence-corrected chi connectivity index (χ4v) is 3.51. The van der Waals surface area contributed by atoms with Crippen molar-refractivity contribution in [2.75, 3.05) is 18.1 Å². The van der Waals surface area contributed by atoms with Gasteiger partial charge in [-0.3, -0.25) is 4.79 Å². The number of aliphatic hydroxyl groups is 1. The van der Waals surface area contributed by atoms with Crippen LogP contribution in [0.4, 0.5) is 5.69 Å². The number of phenolic OH excluding ortho intramolecular Hbond substituents is 1. The van der Waals surface area contributed by atoms with Crippen LogP contribution >= 0.6 is 0 Å². The number of β-amino-alcohol motifs (C(OH)–C–C–N with tert-alkyl or cyclic N) is 1. The predicted molar refractivity (Wildman–Crippen MR) is 95.7 cm³/mol. The standard InChI is InChI=1S/C19H19N3O3/c1-11-14-9-15-17(10-16(14)22(7-8-23)19(11)25)21(2)18(20-15)12-3-5-13(24)6-4-12/h3-6,9-11,23-24H,7-8H2,1-2H3. The number of aromatic nitrogens is 2. The molecule has 0 aliphatic carbocycles. The Morgan fingerprint density at radius 1 is 1.20 bits per heavy atom. The van der Waals surface area contributed by atoms with Crippen molar-refractivity contribution >= 4 is 22.6 Å². The maximum atomic E-state index is 12.4. The fraction of sp³-hybridized carbons (Fsp3) is 0.263. The van der Waals surface area contributed by atoms with E-state index in [0.717, 1.165) is 33.7 Å². The highest BCUT2D eigenvalue weighted by atomic mass is 16.3. The number of anilines is 1. The van der Waals surface area contributed by atoms with Crippen LogP contribution in [0.2, 0.25) is 0 Å². The lowest BCUT2D eigenvalue weighted by Gasteiger charge is -2.16. The van der Waals surface area contributed by atoms with E-state index in [1.165, 1.54) is 0 Å². The van der Waals surface area contributed by atoms with Gasteiger partial charge < -0.3 is 19.7 Å². The molecule has 1 aliphatic heterocycles. The van der Waals surface area contributed by atoms with E-state index in [-0.39, 0.29) is 24.2 Å². The Morgan fingerprint density at radius 2 is 1.92 bits per heavy atom. The van der Waals surface area contributed by atoms with Crippen molar-refractivity contribution in [3.05, 3.63) is 42.0 Å². The molecule has 0 spiro atoms. The molecular weight excluding hydrogens is 318 g/mol. The summed E-state index contributed by atoms with van der Waals surface area (Å²) >= 11 is 0. The molecule has 6 heteroatoms. The van der Waals surface area contributed by atoms with Crippen molar-refractivity contribution in [1.82, 2.24) is 9.55 Å². The second-order valence-electron chi connectivity index (χ2n) is 6.38. The number of amides is 1. The van der Waals surface area contributed by atoms with Gasteiger partial charge in [-0.15, -0.1) is 0 Å². The molecule has 2 heterocycles. The number of rotatable bonds is 3. The summed E-state index contributed by atoms with van der Waals surface area (Å²) in [6, 6.07) is 10.9. The maximum Gasteiger partial charge on any atom is 0.234 e. The largest absolute Gasteiger partial charge is 0.508 e. The first kappa shape index (κ1) is 15.7. The number of benzene rings is 2. The molecule has 2 aromatic carbocycles. The summed E-state index contributed by atoms with van der Waals surface area (Å²) in [6.45, 7) is 2.11. The topological polar surface area (TPSA) is 78.6 Å². The number of fused-ring (bicyclic) bond motifs is 2. The number of imidazole rings is 1. The summed E-state index contributed by atoms with van der Waals surface area (Å²) in [5.74, 6) is 0.794. The quantitative estimate of drug-likeness (QED) is 0.769. The number of nitrogens with zero attached hydrogens (tertiary/aromatic N) is 3. The first-order chi connectivity index (χ1) is 12.0. The van der Waals surface area contributed by atoms with E-state index in [2.05, 4.69) is 0 Å². The Labute approximate surface area is 145 Å². The molecule has 0 bridgehead atoms. The van der Waals surface area contributed by atoms with Gasteiger partial charge in [0, 0.05) is 24.8 Å². The molecule has 6 nitrogen and oxygen atoms in total. The lowest BCUT2D eigenvalue weighted by Crippen LogP contribution is -2.30. The van der Waals surface area contributed by atoms with Gasteiger partial charge in [-0.05, 0) is 48.9 Å². The smallest absolute Gasteiger partial charge is 0.234 e. The highest BCUT2D eigenvalue weighted by molar-refractivity contribution is 6.07. The summed E-state index contributed by atoms with van der Waals surface area (Å²) in [5.41, 5.74) is 4.45. The third-order valence-corrected chi connectivity index (χ3v) is 4.87. The van der Waals surface area contributed by atoms with Gasteiger partial charge in [-0.1, -0.05) is 0 Å². The van der Waals surface area contributed by atoms with Crippen LogP contribution in [-0.2, 0) is 11.8 Å². The Morgan fingerprint density at radius 3 is 2.60 bits per heavy atom. The van der Waals surface area contributed by atoms with Crippen LogP contribution in [-0.4, -0.2) is 38.8 Å². The average molecular weight is 337 g/mol. The summed E-state index contributed by atoms with van der Waals surface area (Å²) in [5, 5.41) is 18.7. The molecule has 25 heavy (non-hydrogen) atoms. The molecule has 1 amide bonds. The minimum absolute atomic E-state index is 0.0121. The van der Waals surface area contributed by atoms with Gasteiger partial charge in [0.25, 0.3) is 0 Å². The van der Waals surface area contributed by atoms with Crippen molar-refractivity contribution in [2.45, 2.75) is 12.8 Å². The zero-order valence-corrected chi connectivity index (χ0v) is 14.1. The predicted octanol–water partition coefficient (Wildman–Crippen LogP) is 2.39. The number of aliphatic hydroxyl groups excluding tert-OH is 1. The normalized spacial score (nSPS) is 16.7. The first-order valence-electron chi connectivity index (χ1n) is 8.23.